The van der Waals surface area contributed by atoms with Crippen LogP contribution in [0.5, 0.6) is 5.75 Å². The molecule has 5 nitrogen and oxygen atoms in total. The van der Waals surface area contributed by atoms with Crippen molar-refractivity contribution in [2.45, 2.75) is 26.7 Å². The molecule has 148 valence electrons. The number of rotatable bonds is 5. The lowest BCUT2D eigenvalue weighted by atomic mass is 10.1. The van der Waals surface area contributed by atoms with Gasteiger partial charge in [-0.25, -0.2) is 0 Å². The Morgan fingerprint density at radius 2 is 1.61 bits per heavy atom. The van der Waals surface area contributed by atoms with Crippen LogP contribution in [0.2, 0.25) is 0 Å². The third-order valence-electron chi connectivity index (χ3n) is 5.22. The Bertz CT molecular complexity index is 834. The molecular formula is C23H28N2O3. The zero-order valence-corrected chi connectivity index (χ0v) is 16.7. The van der Waals surface area contributed by atoms with Crippen molar-refractivity contribution in [1.82, 2.24) is 9.80 Å². The van der Waals surface area contributed by atoms with Gasteiger partial charge in [0.1, 0.15) is 5.75 Å². The highest BCUT2D eigenvalue weighted by molar-refractivity contribution is 5.95. The Morgan fingerprint density at radius 3 is 2.39 bits per heavy atom. The van der Waals surface area contributed by atoms with Crippen molar-refractivity contribution in [2.24, 2.45) is 0 Å². The Balaban J connectivity index is 1.56. The third-order valence-corrected chi connectivity index (χ3v) is 5.22. The van der Waals surface area contributed by atoms with Gasteiger partial charge < -0.3 is 14.5 Å². The van der Waals surface area contributed by atoms with Crippen LogP contribution in [0.3, 0.4) is 0 Å². The van der Waals surface area contributed by atoms with Crippen LogP contribution in [0, 0.1) is 6.92 Å². The maximum atomic E-state index is 12.8. The fourth-order valence-corrected chi connectivity index (χ4v) is 3.52. The summed E-state index contributed by atoms with van der Waals surface area (Å²) in [5.74, 6) is 0.779. The average molecular weight is 380 g/mol. The predicted octanol–water partition coefficient (Wildman–Crippen LogP) is 3.31. The summed E-state index contributed by atoms with van der Waals surface area (Å²) in [6, 6.07) is 15.4. The summed E-state index contributed by atoms with van der Waals surface area (Å²) < 4.78 is 5.77. The zero-order valence-electron chi connectivity index (χ0n) is 16.7. The monoisotopic (exact) mass is 380 g/mol. The van der Waals surface area contributed by atoms with Crippen LogP contribution in [0.25, 0.3) is 0 Å². The smallest absolute Gasteiger partial charge is 0.260 e. The summed E-state index contributed by atoms with van der Waals surface area (Å²) in [5.41, 5.74) is 2.82. The molecule has 1 saturated heterocycles. The van der Waals surface area contributed by atoms with E-state index >= 15 is 0 Å². The summed E-state index contributed by atoms with van der Waals surface area (Å²) in [7, 11) is 0. The number of amides is 2. The van der Waals surface area contributed by atoms with Crippen LogP contribution in [0.1, 0.15) is 34.8 Å². The number of para-hydroxylation sites is 1. The van der Waals surface area contributed by atoms with Crippen molar-refractivity contribution in [3.63, 3.8) is 0 Å². The molecular weight excluding hydrogens is 352 g/mol. The minimum atomic E-state index is -0.0314. The van der Waals surface area contributed by atoms with Gasteiger partial charge in [0.15, 0.2) is 6.61 Å². The van der Waals surface area contributed by atoms with E-state index in [1.165, 1.54) is 0 Å². The molecule has 0 aromatic heterocycles. The van der Waals surface area contributed by atoms with Crippen LogP contribution >= 0.6 is 0 Å². The van der Waals surface area contributed by atoms with Crippen molar-refractivity contribution in [3.05, 3.63) is 65.2 Å². The molecule has 0 radical (unpaired) electrons. The second kappa shape index (κ2) is 9.40. The fourth-order valence-electron chi connectivity index (χ4n) is 3.52. The SMILES string of the molecule is CCc1ccccc1OCC(=O)N1CCCN(C(=O)c2ccccc2C)CC1. The van der Waals surface area contributed by atoms with E-state index in [1.807, 2.05) is 60.4 Å². The number of ether oxygens (including phenoxy) is 1. The number of carbonyl (C=O) groups excluding carboxylic acids is 2. The minimum absolute atomic E-state index is 0.0305. The van der Waals surface area contributed by atoms with E-state index in [-0.39, 0.29) is 18.4 Å². The van der Waals surface area contributed by atoms with Gasteiger partial charge in [0.2, 0.25) is 0 Å². The molecule has 1 aliphatic rings. The summed E-state index contributed by atoms with van der Waals surface area (Å²) >= 11 is 0. The van der Waals surface area contributed by atoms with E-state index in [9.17, 15) is 9.59 Å². The summed E-state index contributed by atoms with van der Waals surface area (Å²) in [4.78, 5) is 29.1. The van der Waals surface area contributed by atoms with E-state index in [1.54, 1.807) is 4.90 Å². The van der Waals surface area contributed by atoms with Crippen LogP contribution in [0.15, 0.2) is 48.5 Å². The van der Waals surface area contributed by atoms with Gasteiger partial charge in [-0.15, -0.1) is 0 Å². The molecule has 0 spiro atoms. The number of aryl methyl sites for hydroxylation is 2. The summed E-state index contributed by atoms with van der Waals surface area (Å²) in [6.07, 6.45) is 1.64. The molecule has 1 aliphatic heterocycles. The molecule has 0 unspecified atom stereocenters. The van der Waals surface area contributed by atoms with Crippen LogP contribution in [0.4, 0.5) is 0 Å². The van der Waals surface area contributed by atoms with E-state index < -0.39 is 0 Å². The van der Waals surface area contributed by atoms with Crippen molar-refractivity contribution < 1.29 is 14.3 Å². The molecule has 0 N–H and O–H groups in total. The van der Waals surface area contributed by atoms with E-state index in [0.717, 1.165) is 35.3 Å². The lowest BCUT2D eigenvalue weighted by Crippen LogP contribution is -2.39. The number of hydrogen-bond acceptors (Lipinski definition) is 3. The van der Waals surface area contributed by atoms with Crippen LogP contribution in [-0.2, 0) is 11.2 Å². The van der Waals surface area contributed by atoms with Crippen molar-refractivity contribution >= 4 is 11.8 Å². The van der Waals surface area contributed by atoms with Gasteiger partial charge in [-0.2, -0.15) is 0 Å². The Labute approximate surface area is 166 Å². The fraction of sp³-hybridized carbons (Fsp3) is 0.391. The lowest BCUT2D eigenvalue weighted by Gasteiger charge is -2.23. The van der Waals surface area contributed by atoms with E-state index in [4.69, 9.17) is 4.74 Å². The maximum absolute atomic E-state index is 12.8. The normalized spacial score (nSPS) is 14.5. The molecule has 2 amide bonds. The first kappa shape index (κ1) is 19.9. The first-order valence-electron chi connectivity index (χ1n) is 9.93. The Hall–Kier alpha value is -2.82. The van der Waals surface area contributed by atoms with Gasteiger partial charge >= 0.3 is 0 Å². The largest absolute Gasteiger partial charge is 0.483 e. The Kier molecular flexibility index (Phi) is 6.69. The van der Waals surface area contributed by atoms with Crippen molar-refractivity contribution in [1.29, 1.82) is 0 Å². The molecule has 5 heteroatoms. The number of hydrogen-bond donors (Lipinski definition) is 0. The second-order valence-corrected chi connectivity index (χ2v) is 7.09. The summed E-state index contributed by atoms with van der Waals surface area (Å²) in [5, 5.41) is 0. The van der Waals surface area contributed by atoms with Gasteiger partial charge in [0, 0.05) is 31.7 Å². The molecule has 0 atom stereocenters. The van der Waals surface area contributed by atoms with Gasteiger partial charge in [-0.3, -0.25) is 9.59 Å². The van der Waals surface area contributed by atoms with Crippen LogP contribution in [-0.4, -0.2) is 54.4 Å². The average Bonchev–Trinajstić information content (AvgIpc) is 2.98. The first-order chi connectivity index (χ1) is 13.6. The topological polar surface area (TPSA) is 49.9 Å². The minimum Gasteiger partial charge on any atom is -0.483 e. The molecule has 2 aromatic rings. The number of nitrogens with zero attached hydrogens (tertiary/aromatic N) is 2. The molecule has 0 aliphatic carbocycles. The first-order valence-corrected chi connectivity index (χ1v) is 9.93. The highest BCUT2D eigenvalue weighted by Crippen LogP contribution is 2.18. The second-order valence-electron chi connectivity index (χ2n) is 7.09. The van der Waals surface area contributed by atoms with Crippen molar-refractivity contribution in [3.8, 4) is 5.75 Å². The number of carbonyl (C=O) groups is 2. The maximum Gasteiger partial charge on any atom is 0.260 e. The molecule has 0 saturated carbocycles. The third kappa shape index (κ3) is 4.71. The highest BCUT2D eigenvalue weighted by Gasteiger charge is 2.23. The van der Waals surface area contributed by atoms with Crippen molar-refractivity contribution in [2.75, 3.05) is 32.8 Å². The molecule has 2 aromatic carbocycles. The molecule has 1 heterocycles. The van der Waals surface area contributed by atoms with E-state index in [2.05, 4.69) is 6.92 Å². The standard InChI is InChI=1S/C23H28N2O3/c1-3-19-10-5-7-12-21(19)28-17-22(26)24-13-8-14-25(16-15-24)23(27)20-11-6-4-9-18(20)2/h4-7,9-12H,3,8,13-17H2,1-2H3. The van der Waals surface area contributed by atoms with Gasteiger partial charge in [-0.05, 0) is 43.0 Å². The lowest BCUT2D eigenvalue weighted by molar-refractivity contribution is -0.133. The van der Waals surface area contributed by atoms with Crippen LogP contribution < -0.4 is 4.74 Å². The van der Waals surface area contributed by atoms with Gasteiger partial charge in [-0.1, -0.05) is 43.3 Å². The highest BCUT2D eigenvalue weighted by atomic mass is 16.5. The Morgan fingerprint density at radius 1 is 0.929 bits per heavy atom. The predicted molar refractivity (Wildman–Crippen MR) is 110 cm³/mol. The van der Waals surface area contributed by atoms with Gasteiger partial charge in [0.25, 0.3) is 11.8 Å². The quantitative estimate of drug-likeness (QED) is 0.800. The number of benzene rings is 2. The summed E-state index contributed by atoms with van der Waals surface area (Å²) in [6.45, 7) is 6.44. The molecule has 3 rings (SSSR count). The van der Waals surface area contributed by atoms with E-state index in [0.29, 0.717) is 26.2 Å². The molecule has 0 bridgehead atoms. The molecule has 28 heavy (non-hydrogen) atoms. The molecule has 1 fully saturated rings. The zero-order chi connectivity index (χ0) is 19.9. The van der Waals surface area contributed by atoms with Gasteiger partial charge in [0.05, 0.1) is 0 Å².